The van der Waals surface area contributed by atoms with Gasteiger partial charge in [-0.05, 0) is 30.7 Å². The molecule has 6 nitrogen and oxygen atoms in total. The second kappa shape index (κ2) is 6.62. The van der Waals surface area contributed by atoms with Gasteiger partial charge in [0.2, 0.25) is 0 Å². The largest absolute Gasteiger partial charge is 0.507 e. The van der Waals surface area contributed by atoms with Crippen LogP contribution in [0.15, 0.2) is 24.3 Å². The number of phenols is 1. The summed E-state index contributed by atoms with van der Waals surface area (Å²) in [4.78, 5) is 22.3. The van der Waals surface area contributed by atoms with Crippen LogP contribution >= 0.6 is 34.8 Å². The number of benzene rings is 2. The molecule has 0 atom stereocenters. The summed E-state index contributed by atoms with van der Waals surface area (Å²) < 4.78 is 0. The number of halogens is 3. The lowest BCUT2D eigenvalue weighted by atomic mass is 10.1. The van der Waals surface area contributed by atoms with E-state index in [2.05, 4.69) is 5.32 Å². The predicted octanol–water partition coefficient (Wildman–Crippen LogP) is 4.82. The number of aryl methyl sites for hydroxylation is 1. The van der Waals surface area contributed by atoms with Crippen molar-refractivity contribution in [2.75, 3.05) is 5.32 Å². The SMILES string of the molecule is Cc1cc(Cl)cc(C(=O)Nc2cc(Cl)c([N+](=O)[O-])cc2Cl)c1O. The van der Waals surface area contributed by atoms with Crippen LogP contribution in [-0.4, -0.2) is 15.9 Å². The summed E-state index contributed by atoms with van der Waals surface area (Å²) >= 11 is 17.6. The van der Waals surface area contributed by atoms with Crippen molar-refractivity contribution in [3.8, 4) is 5.75 Å². The molecule has 0 bridgehead atoms. The molecule has 0 aliphatic heterocycles. The maximum Gasteiger partial charge on any atom is 0.289 e. The van der Waals surface area contributed by atoms with E-state index in [1.165, 1.54) is 12.1 Å². The van der Waals surface area contributed by atoms with E-state index in [0.29, 0.717) is 5.56 Å². The summed E-state index contributed by atoms with van der Waals surface area (Å²) in [7, 11) is 0. The van der Waals surface area contributed by atoms with Crippen LogP contribution in [0, 0.1) is 17.0 Å². The fourth-order valence-electron chi connectivity index (χ4n) is 1.87. The molecule has 0 unspecified atom stereocenters. The molecule has 0 saturated carbocycles. The number of phenolic OH excluding ortho intramolecular Hbond substituents is 1. The van der Waals surface area contributed by atoms with Crippen molar-refractivity contribution in [1.82, 2.24) is 0 Å². The Kier molecular flexibility index (Phi) is 4.99. The second-order valence-corrected chi connectivity index (χ2v) is 5.86. The highest BCUT2D eigenvalue weighted by Gasteiger charge is 2.19. The highest BCUT2D eigenvalue weighted by molar-refractivity contribution is 6.37. The Morgan fingerprint density at radius 3 is 2.43 bits per heavy atom. The Morgan fingerprint density at radius 1 is 1.17 bits per heavy atom. The van der Waals surface area contributed by atoms with Gasteiger partial charge in [0, 0.05) is 11.1 Å². The molecule has 2 aromatic rings. The summed E-state index contributed by atoms with van der Waals surface area (Å²) in [5.74, 6) is -0.907. The Labute approximate surface area is 145 Å². The number of nitrogens with zero attached hydrogens (tertiary/aromatic N) is 1. The molecule has 2 aromatic carbocycles. The van der Waals surface area contributed by atoms with E-state index in [-0.39, 0.29) is 37.8 Å². The van der Waals surface area contributed by atoms with Gasteiger partial charge in [-0.25, -0.2) is 0 Å². The molecule has 120 valence electrons. The van der Waals surface area contributed by atoms with Gasteiger partial charge < -0.3 is 10.4 Å². The second-order valence-electron chi connectivity index (χ2n) is 4.61. The number of hydrogen-bond donors (Lipinski definition) is 2. The molecule has 1 amide bonds. The van der Waals surface area contributed by atoms with Crippen LogP contribution in [0.5, 0.6) is 5.75 Å². The topological polar surface area (TPSA) is 92.5 Å². The first-order valence-corrected chi connectivity index (χ1v) is 7.28. The molecule has 0 fully saturated rings. The first-order chi connectivity index (χ1) is 10.7. The van der Waals surface area contributed by atoms with Crippen LogP contribution in [0.2, 0.25) is 15.1 Å². The minimum Gasteiger partial charge on any atom is -0.507 e. The number of nitrogens with one attached hydrogen (secondary N) is 1. The Balaban J connectivity index is 2.38. The lowest BCUT2D eigenvalue weighted by molar-refractivity contribution is -0.384. The van der Waals surface area contributed by atoms with E-state index >= 15 is 0 Å². The number of carbonyl (C=O) groups is 1. The molecule has 0 saturated heterocycles. The quantitative estimate of drug-likeness (QED) is 0.594. The van der Waals surface area contributed by atoms with E-state index in [4.69, 9.17) is 34.8 Å². The summed E-state index contributed by atoms with van der Waals surface area (Å²) in [5.41, 5.74) is 0.0661. The van der Waals surface area contributed by atoms with E-state index < -0.39 is 10.8 Å². The fraction of sp³-hybridized carbons (Fsp3) is 0.0714. The van der Waals surface area contributed by atoms with Crippen molar-refractivity contribution < 1.29 is 14.8 Å². The molecule has 2 N–H and O–H groups in total. The number of hydrogen-bond acceptors (Lipinski definition) is 4. The van der Waals surface area contributed by atoms with Crippen molar-refractivity contribution in [2.24, 2.45) is 0 Å². The smallest absolute Gasteiger partial charge is 0.289 e. The third kappa shape index (κ3) is 3.67. The third-order valence-electron chi connectivity index (χ3n) is 2.99. The molecule has 0 aromatic heterocycles. The van der Waals surface area contributed by atoms with E-state index in [0.717, 1.165) is 12.1 Å². The van der Waals surface area contributed by atoms with Gasteiger partial charge in [-0.3, -0.25) is 14.9 Å². The van der Waals surface area contributed by atoms with Crippen LogP contribution in [0.3, 0.4) is 0 Å². The number of amides is 1. The van der Waals surface area contributed by atoms with Crippen molar-refractivity contribution in [1.29, 1.82) is 0 Å². The van der Waals surface area contributed by atoms with E-state index in [9.17, 15) is 20.0 Å². The molecule has 9 heteroatoms. The summed E-state index contributed by atoms with van der Waals surface area (Å²) in [6.45, 7) is 1.59. The van der Waals surface area contributed by atoms with Gasteiger partial charge in [0.05, 0.1) is 21.2 Å². The van der Waals surface area contributed by atoms with Gasteiger partial charge in [-0.2, -0.15) is 0 Å². The van der Waals surface area contributed by atoms with E-state index in [1.807, 2.05) is 0 Å². The maximum absolute atomic E-state index is 12.3. The standard InChI is InChI=1S/C14H9Cl3N2O4/c1-6-2-7(15)3-8(13(6)20)14(21)18-11-4-10(17)12(19(22)23)5-9(11)16/h2-5,20H,1H3,(H,18,21). The van der Waals surface area contributed by atoms with Crippen LogP contribution < -0.4 is 5.32 Å². The van der Waals surface area contributed by atoms with Crippen molar-refractivity contribution >= 4 is 52.1 Å². The lowest BCUT2D eigenvalue weighted by Gasteiger charge is -2.11. The number of anilines is 1. The van der Waals surface area contributed by atoms with Crippen LogP contribution in [0.4, 0.5) is 11.4 Å². The van der Waals surface area contributed by atoms with Gasteiger partial charge in [-0.1, -0.05) is 34.8 Å². The zero-order valence-electron chi connectivity index (χ0n) is 11.6. The molecule has 0 aliphatic carbocycles. The van der Waals surface area contributed by atoms with Crippen molar-refractivity contribution in [2.45, 2.75) is 6.92 Å². The first kappa shape index (κ1) is 17.3. The van der Waals surface area contributed by atoms with Gasteiger partial charge >= 0.3 is 0 Å². The maximum atomic E-state index is 12.3. The highest BCUT2D eigenvalue weighted by Crippen LogP contribution is 2.35. The molecule has 0 spiro atoms. The number of aromatic hydroxyl groups is 1. The molecule has 2 rings (SSSR count). The summed E-state index contributed by atoms with van der Waals surface area (Å²) in [6.07, 6.45) is 0. The monoisotopic (exact) mass is 374 g/mol. The Bertz CT molecular complexity index is 824. The number of nitro benzene ring substituents is 1. The molecular formula is C14H9Cl3N2O4. The van der Waals surface area contributed by atoms with Crippen molar-refractivity contribution in [3.63, 3.8) is 0 Å². The third-order valence-corrected chi connectivity index (χ3v) is 3.82. The predicted molar refractivity (Wildman–Crippen MR) is 88.9 cm³/mol. The fourth-order valence-corrected chi connectivity index (χ4v) is 2.58. The average Bonchev–Trinajstić information content (AvgIpc) is 2.45. The molecule has 0 aliphatic rings. The zero-order valence-corrected chi connectivity index (χ0v) is 13.8. The number of nitro groups is 1. The Morgan fingerprint density at radius 2 is 1.83 bits per heavy atom. The number of carbonyl (C=O) groups excluding carboxylic acids is 1. The van der Waals surface area contributed by atoms with Crippen molar-refractivity contribution in [3.05, 3.63) is 60.6 Å². The molecule has 23 heavy (non-hydrogen) atoms. The van der Waals surface area contributed by atoms with E-state index in [1.54, 1.807) is 6.92 Å². The summed E-state index contributed by atoms with van der Waals surface area (Å²) in [5, 5.41) is 23.2. The van der Waals surface area contributed by atoms with Gasteiger partial charge in [0.25, 0.3) is 11.6 Å². The minimum atomic E-state index is -0.689. The zero-order chi connectivity index (χ0) is 17.3. The van der Waals surface area contributed by atoms with Gasteiger partial charge in [0.1, 0.15) is 10.8 Å². The average molecular weight is 376 g/mol. The normalized spacial score (nSPS) is 10.4. The minimum absolute atomic E-state index is 0.0551. The highest BCUT2D eigenvalue weighted by atomic mass is 35.5. The Hall–Kier alpha value is -2.02. The molecule has 0 radical (unpaired) electrons. The van der Waals surface area contributed by atoms with Crippen LogP contribution in [0.25, 0.3) is 0 Å². The molecular weight excluding hydrogens is 367 g/mol. The molecule has 0 heterocycles. The summed E-state index contributed by atoms with van der Waals surface area (Å²) in [6, 6.07) is 4.99. The van der Waals surface area contributed by atoms with Crippen LogP contribution in [-0.2, 0) is 0 Å². The van der Waals surface area contributed by atoms with Gasteiger partial charge in [-0.15, -0.1) is 0 Å². The van der Waals surface area contributed by atoms with Crippen LogP contribution in [0.1, 0.15) is 15.9 Å². The first-order valence-electron chi connectivity index (χ1n) is 6.14. The number of rotatable bonds is 3. The lowest BCUT2D eigenvalue weighted by Crippen LogP contribution is -2.13. The van der Waals surface area contributed by atoms with Gasteiger partial charge in [0.15, 0.2) is 0 Å².